The molecule has 0 aromatic heterocycles. The van der Waals surface area contributed by atoms with Gasteiger partial charge in [-0.25, -0.2) is 0 Å². The summed E-state index contributed by atoms with van der Waals surface area (Å²) in [7, 11) is 0. The van der Waals surface area contributed by atoms with Gasteiger partial charge in [-0.15, -0.1) is 11.8 Å². The zero-order valence-corrected chi connectivity index (χ0v) is 4.46. The molecule has 2 heteroatoms. The Hall–Kier alpha value is 0.0200. The summed E-state index contributed by atoms with van der Waals surface area (Å²) in [5.41, 5.74) is 2.81. The van der Waals surface area contributed by atoms with E-state index in [1.807, 2.05) is 0 Å². The highest BCUT2D eigenvalue weighted by Crippen LogP contribution is 2.08. The highest BCUT2D eigenvalue weighted by Gasteiger charge is 2.01. The van der Waals surface area contributed by atoms with Gasteiger partial charge in [0, 0.05) is 5.75 Å². The van der Waals surface area contributed by atoms with Crippen molar-refractivity contribution in [2.75, 3.05) is 5.75 Å². The SMILES string of the molecule is C[C@H]1CS[C]=N1. The fourth-order valence-electron chi connectivity index (χ4n) is 0.322. The summed E-state index contributed by atoms with van der Waals surface area (Å²) in [4.78, 5) is 3.95. The molecule has 0 N–H and O–H groups in total. The Morgan fingerprint density at radius 1 is 2.00 bits per heavy atom. The summed E-state index contributed by atoms with van der Waals surface area (Å²) in [5.74, 6) is 1.12. The van der Waals surface area contributed by atoms with Gasteiger partial charge in [0.15, 0.2) is 0 Å². The van der Waals surface area contributed by atoms with Gasteiger partial charge in [0.05, 0.1) is 6.04 Å². The van der Waals surface area contributed by atoms with Crippen LogP contribution in [0.5, 0.6) is 0 Å². The van der Waals surface area contributed by atoms with Crippen molar-refractivity contribution < 1.29 is 0 Å². The van der Waals surface area contributed by atoms with Crippen LogP contribution in [0.2, 0.25) is 0 Å². The largest absolute Gasteiger partial charge is 0.272 e. The first-order valence-electron chi connectivity index (χ1n) is 1.96. The van der Waals surface area contributed by atoms with E-state index in [0.29, 0.717) is 6.04 Å². The normalized spacial score (nSPS) is 31.8. The minimum atomic E-state index is 0.523. The van der Waals surface area contributed by atoms with Crippen LogP contribution < -0.4 is 0 Å². The Labute approximate surface area is 41.8 Å². The summed E-state index contributed by atoms with van der Waals surface area (Å²) in [5, 5.41) is 0. The molecule has 0 bridgehead atoms. The van der Waals surface area contributed by atoms with Crippen LogP contribution >= 0.6 is 11.8 Å². The molecule has 1 radical (unpaired) electrons. The third kappa shape index (κ3) is 0.744. The van der Waals surface area contributed by atoms with E-state index in [4.69, 9.17) is 0 Å². The first-order chi connectivity index (χ1) is 2.89. The van der Waals surface area contributed by atoms with Gasteiger partial charge in [-0.05, 0) is 6.92 Å². The van der Waals surface area contributed by atoms with Crippen molar-refractivity contribution in [3.05, 3.63) is 0 Å². The second kappa shape index (κ2) is 1.65. The Bertz CT molecular complexity index is 69.9. The number of nitrogens with zero attached hydrogens (tertiary/aromatic N) is 1. The third-order valence-corrected chi connectivity index (χ3v) is 1.55. The average Bonchev–Trinajstić information content (AvgIpc) is 1.86. The van der Waals surface area contributed by atoms with Gasteiger partial charge in [0.25, 0.3) is 0 Å². The van der Waals surface area contributed by atoms with E-state index in [9.17, 15) is 0 Å². The van der Waals surface area contributed by atoms with Gasteiger partial charge >= 0.3 is 0 Å². The molecule has 1 rings (SSSR count). The van der Waals surface area contributed by atoms with Crippen molar-refractivity contribution >= 4 is 17.3 Å². The van der Waals surface area contributed by atoms with Crippen molar-refractivity contribution in [2.45, 2.75) is 13.0 Å². The predicted octanol–water partition coefficient (Wildman–Crippen LogP) is 1.03. The topological polar surface area (TPSA) is 12.4 Å². The molecule has 0 aromatic rings. The van der Waals surface area contributed by atoms with E-state index in [1.165, 1.54) is 0 Å². The van der Waals surface area contributed by atoms with Gasteiger partial charge in [-0.2, -0.15) is 0 Å². The lowest BCUT2D eigenvalue weighted by Crippen LogP contribution is -1.92. The van der Waals surface area contributed by atoms with Crippen LogP contribution in [0.25, 0.3) is 0 Å². The zero-order chi connectivity index (χ0) is 4.41. The molecule has 1 heterocycles. The molecule has 1 aliphatic rings. The number of rotatable bonds is 0. The van der Waals surface area contributed by atoms with Crippen LogP contribution in [0.15, 0.2) is 4.99 Å². The molecule has 0 saturated carbocycles. The fraction of sp³-hybridized carbons (Fsp3) is 0.750. The standard InChI is InChI=1S/C4H6NS/c1-4-2-6-3-5-4/h4H,2H2,1H3/t4-/m0/s1. The van der Waals surface area contributed by atoms with E-state index in [1.54, 1.807) is 11.8 Å². The number of thioether (sulfide) groups is 1. The monoisotopic (exact) mass is 100 g/mol. The lowest BCUT2D eigenvalue weighted by atomic mass is 10.4. The molecule has 0 unspecified atom stereocenters. The molecule has 1 aliphatic heterocycles. The van der Waals surface area contributed by atoms with E-state index >= 15 is 0 Å². The Morgan fingerprint density at radius 3 is 3.00 bits per heavy atom. The maximum absolute atomic E-state index is 3.95. The van der Waals surface area contributed by atoms with Crippen LogP contribution in [0.3, 0.4) is 0 Å². The molecule has 0 amide bonds. The van der Waals surface area contributed by atoms with Crippen molar-refractivity contribution in [1.29, 1.82) is 0 Å². The summed E-state index contributed by atoms with van der Waals surface area (Å²) >= 11 is 1.67. The van der Waals surface area contributed by atoms with Crippen LogP contribution in [-0.4, -0.2) is 17.3 Å². The number of aliphatic imine (C=N–C) groups is 1. The first kappa shape index (κ1) is 4.19. The third-order valence-electron chi connectivity index (χ3n) is 0.662. The lowest BCUT2D eigenvalue weighted by Gasteiger charge is -1.87. The van der Waals surface area contributed by atoms with Crippen molar-refractivity contribution in [3.63, 3.8) is 0 Å². The second-order valence-electron chi connectivity index (χ2n) is 1.38. The molecular formula is C4H6NS. The minimum absolute atomic E-state index is 0.523. The number of hydrogen-bond acceptors (Lipinski definition) is 2. The molecule has 33 valence electrons. The lowest BCUT2D eigenvalue weighted by molar-refractivity contribution is 0.868. The van der Waals surface area contributed by atoms with Crippen LogP contribution in [0.4, 0.5) is 0 Å². The summed E-state index contributed by atoms with van der Waals surface area (Å²) < 4.78 is 0. The molecule has 0 aromatic carbocycles. The van der Waals surface area contributed by atoms with Crippen LogP contribution in [0.1, 0.15) is 6.92 Å². The van der Waals surface area contributed by atoms with E-state index in [0.717, 1.165) is 5.75 Å². The molecule has 0 aliphatic carbocycles. The smallest absolute Gasteiger partial charge is 0.123 e. The molecular weight excluding hydrogens is 94.1 g/mol. The fourth-order valence-corrected chi connectivity index (χ4v) is 0.967. The molecule has 6 heavy (non-hydrogen) atoms. The Balaban J connectivity index is 2.38. The van der Waals surface area contributed by atoms with E-state index in [2.05, 4.69) is 17.5 Å². The van der Waals surface area contributed by atoms with Gasteiger partial charge < -0.3 is 0 Å². The molecule has 1 nitrogen and oxygen atoms in total. The summed E-state index contributed by atoms with van der Waals surface area (Å²) in [6.45, 7) is 2.09. The average molecular weight is 100 g/mol. The van der Waals surface area contributed by atoms with Crippen molar-refractivity contribution in [1.82, 2.24) is 0 Å². The first-order valence-corrected chi connectivity index (χ1v) is 2.95. The molecule has 1 atom stereocenters. The molecule has 0 saturated heterocycles. The van der Waals surface area contributed by atoms with Gasteiger partial charge in [-0.3, -0.25) is 4.99 Å². The van der Waals surface area contributed by atoms with Crippen molar-refractivity contribution in [2.24, 2.45) is 4.99 Å². The zero-order valence-electron chi connectivity index (χ0n) is 3.64. The van der Waals surface area contributed by atoms with Gasteiger partial charge in [0.2, 0.25) is 0 Å². The second-order valence-corrected chi connectivity index (χ2v) is 2.18. The van der Waals surface area contributed by atoms with E-state index < -0.39 is 0 Å². The highest BCUT2D eigenvalue weighted by atomic mass is 32.2. The minimum Gasteiger partial charge on any atom is -0.272 e. The Kier molecular flexibility index (Phi) is 1.15. The van der Waals surface area contributed by atoms with E-state index in [-0.39, 0.29) is 0 Å². The molecule has 0 spiro atoms. The Morgan fingerprint density at radius 2 is 2.83 bits per heavy atom. The maximum Gasteiger partial charge on any atom is 0.123 e. The molecule has 0 fully saturated rings. The maximum atomic E-state index is 3.95. The number of hydrogen-bond donors (Lipinski definition) is 0. The summed E-state index contributed by atoms with van der Waals surface area (Å²) in [6.07, 6.45) is 0. The van der Waals surface area contributed by atoms with Crippen molar-refractivity contribution in [3.8, 4) is 0 Å². The highest BCUT2D eigenvalue weighted by molar-refractivity contribution is 8.12. The van der Waals surface area contributed by atoms with Crippen LogP contribution in [0, 0.1) is 0 Å². The van der Waals surface area contributed by atoms with Crippen LogP contribution in [-0.2, 0) is 0 Å². The summed E-state index contributed by atoms with van der Waals surface area (Å²) in [6, 6.07) is 0.523. The quantitative estimate of drug-likeness (QED) is 0.443. The van der Waals surface area contributed by atoms with Gasteiger partial charge in [-0.1, -0.05) is 0 Å². The predicted molar refractivity (Wildman–Crippen MR) is 29.4 cm³/mol. The van der Waals surface area contributed by atoms with Gasteiger partial charge in [0.1, 0.15) is 5.55 Å².